The first kappa shape index (κ1) is 6.32. The third-order valence-electron chi connectivity index (χ3n) is 0.356. The van der Waals surface area contributed by atoms with Gasteiger partial charge in [-0.05, 0) is 0 Å². The van der Waals surface area contributed by atoms with Crippen LogP contribution in [0.5, 0.6) is 0 Å². The first-order chi connectivity index (χ1) is 2.81. The molecule has 1 atom stereocenters. The van der Waals surface area contributed by atoms with E-state index in [1.54, 1.807) is 0 Å². The van der Waals surface area contributed by atoms with Gasteiger partial charge in [0.25, 0.3) is 0 Å². The summed E-state index contributed by atoms with van der Waals surface area (Å²) in [5.41, 5.74) is 0. The molecule has 0 nitrogen and oxygen atoms in total. The van der Waals surface area contributed by atoms with E-state index < -0.39 is 0 Å². The zero-order valence-corrected chi connectivity index (χ0v) is 4.71. The number of allylic oxidation sites excluding steroid dienone is 1. The van der Waals surface area contributed by atoms with Crippen molar-refractivity contribution in [3.05, 3.63) is 12.7 Å². The average Bonchev–Trinajstić information content (AvgIpc) is 1.65. The van der Waals surface area contributed by atoms with Crippen molar-refractivity contribution in [1.82, 2.24) is 0 Å². The highest BCUT2D eigenvalue weighted by Crippen LogP contribution is 1.96. The summed E-state index contributed by atoms with van der Waals surface area (Å²) in [6.45, 7) is 4.94. The van der Waals surface area contributed by atoms with Crippen molar-refractivity contribution in [2.24, 2.45) is 0 Å². The van der Waals surface area contributed by atoms with Gasteiger partial charge in [0.15, 0.2) is 0 Å². The second-order valence-corrected chi connectivity index (χ2v) is 1.73. The van der Waals surface area contributed by atoms with Crippen LogP contribution >= 0.6 is 23.2 Å². The number of alkyl halides is 2. The quantitative estimate of drug-likeness (QED) is 0.492. The highest BCUT2D eigenvalue weighted by atomic mass is 35.5. The molecular weight excluding hydrogens is 119 g/mol. The number of halogens is 2. The predicted octanol–water partition coefficient (Wildman–Crippen LogP) is 1.82. The molecule has 0 aliphatic heterocycles. The second-order valence-electron chi connectivity index (χ2n) is 0.863. The van der Waals surface area contributed by atoms with Crippen LogP contribution in [-0.2, 0) is 0 Å². The molecule has 0 aliphatic rings. The maximum Gasteiger partial charge on any atom is 0.0654 e. The van der Waals surface area contributed by atoms with E-state index in [1.165, 1.54) is 6.08 Å². The Balaban J connectivity index is 2.96. The lowest BCUT2D eigenvalue weighted by Crippen LogP contribution is -1.90. The highest BCUT2D eigenvalue weighted by Gasteiger charge is 1.89. The van der Waals surface area contributed by atoms with Crippen LogP contribution in [0.15, 0.2) is 6.08 Å². The lowest BCUT2D eigenvalue weighted by Gasteiger charge is -1.88. The van der Waals surface area contributed by atoms with Crippen molar-refractivity contribution < 1.29 is 0 Å². The summed E-state index contributed by atoms with van der Waals surface area (Å²) in [6, 6.07) is 0. The molecule has 1 radical (unpaired) electrons. The molecule has 0 fully saturated rings. The van der Waals surface area contributed by atoms with Crippen molar-refractivity contribution in [3.63, 3.8) is 0 Å². The summed E-state index contributed by atoms with van der Waals surface area (Å²) in [5, 5.41) is -0.174. The lowest BCUT2D eigenvalue weighted by atomic mass is 10.5. The van der Waals surface area contributed by atoms with Crippen LogP contribution in [0.4, 0.5) is 0 Å². The van der Waals surface area contributed by atoms with Crippen LogP contribution in [0.3, 0.4) is 0 Å². The molecule has 0 rings (SSSR count). The Bertz CT molecular complexity index is 42.8. The third-order valence-corrected chi connectivity index (χ3v) is 1.15. The Morgan fingerprint density at radius 2 is 2.33 bits per heavy atom. The monoisotopic (exact) mass is 123 g/mol. The van der Waals surface area contributed by atoms with Crippen molar-refractivity contribution >= 4 is 23.2 Å². The maximum absolute atomic E-state index is 5.34. The fourth-order valence-electron chi connectivity index (χ4n) is 0.0514. The van der Waals surface area contributed by atoms with Crippen LogP contribution in [0, 0.1) is 6.58 Å². The van der Waals surface area contributed by atoms with Gasteiger partial charge in [0.1, 0.15) is 0 Å². The molecule has 0 N–H and O–H groups in total. The van der Waals surface area contributed by atoms with Crippen molar-refractivity contribution in [1.29, 1.82) is 0 Å². The zero-order chi connectivity index (χ0) is 4.99. The van der Waals surface area contributed by atoms with E-state index in [-0.39, 0.29) is 5.38 Å². The third kappa shape index (κ3) is 2.55. The molecule has 0 heterocycles. The van der Waals surface area contributed by atoms with Crippen molar-refractivity contribution in [2.75, 3.05) is 5.88 Å². The Labute approximate surface area is 47.8 Å². The topological polar surface area (TPSA) is 0 Å². The fraction of sp³-hybridized carbons (Fsp3) is 0.500. The van der Waals surface area contributed by atoms with Crippen molar-refractivity contribution in [3.8, 4) is 0 Å². The van der Waals surface area contributed by atoms with E-state index in [2.05, 4.69) is 0 Å². The van der Waals surface area contributed by atoms with E-state index in [9.17, 15) is 0 Å². The second kappa shape index (κ2) is 3.51. The molecule has 0 spiro atoms. The Morgan fingerprint density at radius 1 is 1.83 bits per heavy atom. The van der Waals surface area contributed by atoms with E-state index >= 15 is 0 Å². The van der Waals surface area contributed by atoms with E-state index in [0.29, 0.717) is 5.88 Å². The van der Waals surface area contributed by atoms with E-state index in [4.69, 9.17) is 29.8 Å². The van der Waals surface area contributed by atoms with Crippen LogP contribution < -0.4 is 0 Å². The highest BCUT2D eigenvalue weighted by molar-refractivity contribution is 6.28. The van der Waals surface area contributed by atoms with Gasteiger partial charge < -0.3 is 0 Å². The van der Waals surface area contributed by atoms with Crippen LogP contribution in [0.25, 0.3) is 0 Å². The van der Waals surface area contributed by atoms with Gasteiger partial charge >= 0.3 is 0 Å². The molecule has 0 aromatic carbocycles. The van der Waals surface area contributed by atoms with Gasteiger partial charge in [-0.1, -0.05) is 12.7 Å². The largest absolute Gasteiger partial charge is 0.125 e. The molecule has 6 heavy (non-hydrogen) atoms. The molecule has 0 amide bonds. The summed E-state index contributed by atoms with van der Waals surface area (Å²) < 4.78 is 0. The molecule has 0 saturated carbocycles. The molecule has 35 valence electrons. The minimum atomic E-state index is -0.174. The number of hydrogen-bond donors (Lipinski definition) is 0. The van der Waals surface area contributed by atoms with Gasteiger partial charge in [0, 0.05) is 5.88 Å². The van der Waals surface area contributed by atoms with Crippen LogP contribution in [0.2, 0.25) is 0 Å². The summed E-state index contributed by atoms with van der Waals surface area (Å²) in [6.07, 6.45) is 1.36. The zero-order valence-electron chi connectivity index (χ0n) is 3.20. The molecule has 0 saturated heterocycles. The number of rotatable bonds is 2. The van der Waals surface area contributed by atoms with E-state index in [1.807, 2.05) is 0 Å². The fourth-order valence-corrected chi connectivity index (χ4v) is 0.154. The van der Waals surface area contributed by atoms with Gasteiger partial charge in [-0.2, -0.15) is 0 Å². The van der Waals surface area contributed by atoms with Crippen LogP contribution in [-0.4, -0.2) is 11.3 Å². The minimum Gasteiger partial charge on any atom is -0.125 e. The SMILES string of the molecule is [CH]=CC(Cl)CCl. The first-order valence-corrected chi connectivity index (χ1v) is 2.53. The molecule has 0 bridgehead atoms. The Hall–Kier alpha value is 0.320. The first-order valence-electron chi connectivity index (χ1n) is 1.56. The summed E-state index contributed by atoms with van der Waals surface area (Å²) in [4.78, 5) is 0. The smallest absolute Gasteiger partial charge is 0.0654 e. The molecular formula is C4H5Cl2. The van der Waals surface area contributed by atoms with Gasteiger partial charge in [-0.3, -0.25) is 0 Å². The van der Waals surface area contributed by atoms with Gasteiger partial charge in [-0.15, -0.1) is 23.2 Å². The van der Waals surface area contributed by atoms with Gasteiger partial charge in [0.05, 0.1) is 5.38 Å². The normalized spacial score (nSPS) is 13.7. The predicted molar refractivity (Wildman–Crippen MR) is 29.2 cm³/mol. The molecule has 0 aromatic rings. The lowest BCUT2D eigenvalue weighted by molar-refractivity contribution is 1.25. The van der Waals surface area contributed by atoms with Gasteiger partial charge in [-0.25, -0.2) is 0 Å². The average molecular weight is 124 g/mol. The Kier molecular flexibility index (Phi) is 3.70. The molecule has 1 unspecified atom stereocenters. The Morgan fingerprint density at radius 3 is 2.33 bits per heavy atom. The summed E-state index contributed by atoms with van der Waals surface area (Å²) in [7, 11) is 0. The number of hydrogen-bond acceptors (Lipinski definition) is 0. The van der Waals surface area contributed by atoms with E-state index in [0.717, 1.165) is 0 Å². The van der Waals surface area contributed by atoms with Gasteiger partial charge in [0.2, 0.25) is 0 Å². The minimum absolute atomic E-state index is 0.174. The molecule has 0 aliphatic carbocycles. The summed E-state index contributed by atoms with van der Waals surface area (Å²) in [5.74, 6) is 0.387. The molecule has 0 aromatic heterocycles. The summed E-state index contributed by atoms with van der Waals surface area (Å²) >= 11 is 10.5. The van der Waals surface area contributed by atoms with Crippen LogP contribution in [0.1, 0.15) is 0 Å². The van der Waals surface area contributed by atoms with Crippen molar-refractivity contribution in [2.45, 2.75) is 5.38 Å². The standard InChI is InChI=1S/C4H5Cl2/c1-2-4(6)3-5/h1-2,4H,3H2. The molecule has 2 heteroatoms. The maximum atomic E-state index is 5.34.